The Kier molecular flexibility index (Phi) is 4.78. The summed E-state index contributed by atoms with van der Waals surface area (Å²) in [4.78, 5) is 14.4. The molecular formula is C20H16N4O. The third kappa shape index (κ3) is 3.52. The number of anilines is 2. The molecule has 0 atom stereocenters. The summed E-state index contributed by atoms with van der Waals surface area (Å²) in [6.07, 6.45) is 3.54. The van der Waals surface area contributed by atoms with E-state index in [2.05, 4.69) is 11.4 Å². The largest absolute Gasteiger partial charge is 0.346 e. The average Bonchev–Trinajstić information content (AvgIpc) is 2.66. The molecule has 3 rings (SSSR count). The second kappa shape index (κ2) is 7.33. The first-order chi connectivity index (χ1) is 12.2. The second-order valence-electron chi connectivity index (χ2n) is 5.69. The quantitative estimate of drug-likeness (QED) is 0.692. The van der Waals surface area contributed by atoms with Crippen molar-refractivity contribution in [1.29, 1.82) is 10.5 Å². The fourth-order valence-corrected chi connectivity index (χ4v) is 2.87. The Balaban J connectivity index is 1.86. The maximum absolute atomic E-state index is 12.5. The number of hydrogen-bond acceptors (Lipinski definition) is 4. The molecule has 122 valence electrons. The topological polar surface area (TPSA) is 79.9 Å². The lowest BCUT2D eigenvalue weighted by Gasteiger charge is -2.28. The zero-order chi connectivity index (χ0) is 17.6. The highest BCUT2D eigenvalue weighted by Crippen LogP contribution is 2.27. The molecule has 0 unspecified atom stereocenters. The number of fused-ring (bicyclic) bond motifs is 1. The zero-order valence-electron chi connectivity index (χ0n) is 13.6. The SMILES string of the molecule is N#C/C(=C/N1CCCc2ccccc21)C(=O)Nc1ccccc1C#N. The monoisotopic (exact) mass is 328 g/mol. The van der Waals surface area contributed by atoms with Gasteiger partial charge >= 0.3 is 0 Å². The van der Waals surface area contributed by atoms with Crippen molar-refractivity contribution in [1.82, 2.24) is 0 Å². The van der Waals surface area contributed by atoms with Gasteiger partial charge in [0.1, 0.15) is 17.7 Å². The summed E-state index contributed by atoms with van der Waals surface area (Å²) in [5.74, 6) is -0.520. The van der Waals surface area contributed by atoms with Crippen molar-refractivity contribution in [2.45, 2.75) is 12.8 Å². The van der Waals surface area contributed by atoms with Crippen molar-refractivity contribution >= 4 is 17.3 Å². The molecule has 0 aromatic heterocycles. The molecule has 0 spiro atoms. The number of nitriles is 2. The number of hydrogen-bond donors (Lipinski definition) is 1. The normalized spacial score (nSPS) is 13.4. The van der Waals surface area contributed by atoms with Crippen LogP contribution in [0.1, 0.15) is 17.5 Å². The Hall–Kier alpha value is -3.57. The van der Waals surface area contributed by atoms with Gasteiger partial charge in [-0.25, -0.2) is 0 Å². The first kappa shape index (κ1) is 16.3. The van der Waals surface area contributed by atoms with Crippen LogP contribution in [0, 0.1) is 22.7 Å². The molecule has 0 saturated carbocycles. The highest BCUT2D eigenvalue weighted by Gasteiger charge is 2.18. The maximum Gasteiger partial charge on any atom is 0.267 e. The van der Waals surface area contributed by atoms with E-state index in [1.54, 1.807) is 30.5 Å². The molecule has 2 aromatic rings. The molecule has 1 amide bonds. The molecule has 0 aliphatic carbocycles. The van der Waals surface area contributed by atoms with Crippen LogP contribution in [0.15, 0.2) is 60.3 Å². The van der Waals surface area contributed by atoms with Crippen LogP contribution in [0.4, 0.5) is 11.4 Å². The molecule has 1 aliphatic rings. The van der Waals surface area contributed by atoms with Crippen LogP contribution in [0.25, 0.3) is 0 Å². The number of amides is 1. The number of carbonyl (C=O) groups is 1. The van der Waals surface area contributed by atoms with Crippen molar-refractivity contribution in [3.05, 3.63) is 71.4 Å². The molecule has 5 nitrogen and oxygen atoms in total. The predicted molar refractivity (Wildman–Crippen MR) is 95.6 cm³/mol. The van der Waals surface area contributed by atoms with Gasteiger partial charge in [-0.15, -0.1) is 0 Å². The van der Waals surface area contributed by atoms with Crippen molar-refractivity contribution in [3.8, 4) is 12.1 Å². The van der Waals surface area contributed by atoms with E-state index in [9.17, 15) is 10.1 Å². The number of aryl methyl sites for hydroxylation is 1. The average molecular weight is 328 g/mol. The minimum absolute atomic E-state index is 0.00412. The van der Waals surface area contributed by atoms with E-state index < -0.39 is 5.91 Å². The van der Waals surface area contributed by atoms with E-state index >= 15 is 0 Å². The summed E-state index contributed by atoms with van der Waals surface area (Å²) in [5.41, 5.74) is 2.99. The van der Waals surface area contributed by atoms with Gasteiger partial charge in [-0.05, 0) is 36.6 Å². The molecule has 2 aromatic carbocycles. The van der Waals surface area contributed by atoms with Crippen LogP contribution in [0.2, 0.25) is 0 Å². The van der Waals surface area contributed by atoms with Crippen LogP contribution in [-0.4, -0.2) is 12.5 Å². The highest BCUT2D eigenvalue weighted by atomic mass is 16.1. The Morgan fingerprint density at radius 2 is 1.88 bits per heavy atom. The third-order valence-electron chi connectivity index (χ3n) is 4.09. The first-order valence-electron chi connectivity index (χ1n) is 8.00. The van der Waals surface area contributed by atoms with E-state index in [1.807, 2.05) is 35.2 Å². The molecule has 5 heteroatoms. The highest BCUT2D eigenvalue weighted by molar-refractivity contribution is 6.07. The lowest BCUT2D eigenvalue weighted by atomic mass is 10.0. The molecule has 1 heterocycles. The van der Waals surface area contributed by atoms with Crippen molar-refractivity contribution in [2.75, 3.05) is 16.8 Å². The standard InChI is InChI=1S/C20H16N4O/c21-12-16-7-1-3-9-18(16)23-20(25)17(13-22)14-24-11-5-8-15-6-2-4-10-19(15)24/h1-4,6-7,9-10,14H,5,8,11H2,(H,23,25)/b17-14-. The van der Waals surface area contributed by atoms with Crippen molar-refractivity contribution in [3.63, 3.8) is 0 Å². The van der Waals surface area contributed by atoms with Gasteiger partial charge < -0.3 is 10.2 Å². The van der Waals surface area contributed by atoms with Gasteiger partial charge in [0.2, 0.25) is 0 Å². The molecule has 1 aliphatic heterocycles. The fraction of sp³-hybridized carbons (Fsp3) is 0.150. The predicted octanol–water partition coefficient (Wildman–Crippen LogP) is 3.36. The number of para-hydroxylation sites is 2. The summed E-state index contributed by atoms with van der Waals surface area (Å²) in [6.45, 7) is 0.754. The van der Waals surface area contributed by atoms with Gasteiger partial charge in [0, 0.05) is 18.4 Å². The Morgan fingerprint density at radius 3 is 2.68 bits per heavy atom. The van der Waals surface area contributed by atoms with Crippen LogP contribution in [0.3, 0.4) is 0 Å². The van der Waals surface area contributed by atoms with Crippen molar-refractivity contribution in [2.24, 2.45) is 0 Å². The van der Waals surface area contributed by atoms with Gasteiger partial charge in [-0.3, -0.25) is 4.79 Å². The van der Waals surface area contributed by atoms with Crippen LogP contribution < -0.4 is 10.2 Å². The number of rotatable bonds is 3. The molecule has 0 bridgehead atoms. The lowest BCUT2D eigenvalue weighted by molar-refractivity contribution is -0.112. The van der Waals surface area contributed by atoms with E-state index in [0.717, 1.165) is 25.1 Å². The first-order valence-corrected chi connectivity index (χ1v) is 8.00. The molecule has 25 heavy (non-hydrogen) atoms. The summed E-state index contributed by atoms with van der Waals surface area (Å²) in [7, 11) is 0. The Morgan fingerprint density at radius 1 is 1.12 bits per heavy atom. The number of benzene rings is 2. The van der Waals surface area contributed by atoms with Crippen LogP contribution in [0.5, 0.6) is 0 Å². The zero-order valence-corrected chi connectivity index (χ0v) is 13.6. The molecule has 0 fully saturated rings. The van der Waals surface area contributed by atoms with E-state index in [0.29, 0.717) is 11.3 Å². The third-order valence-corrected chi connectivity index (χ3v) is 4.09. The minimum Gasteiger partial charge on any atom is -0.346 e. The van der Waals surface area contributed by atoms with Gasteiger partial charge in [0.05, 0.1) is 11.3 Å². The molecule has 0 saturated heterocycles. The van der Waals surface area contributed by atoms with Crippen LogP contribution in [-0.2, 0) is 11.2 Å². The van der Waals surface area contributed by atoms with Gasteiger partial charge in [-0.1, -0.05) is 30.3 Å². The molecule has 1 N–H and O–H groups in total. The lowest BCUT2D eigenvalue weighted by Crippen LogP contribution is -2.26. The summed E-state index contributed by atoms with van der Waals surface area (Å²) < 4.78 is 0. The van der Waals surface area contributed by atoms with Gasteiger partial charge in [-0.2, -0.15) is 10.5 Å². The molecule has 0 radical (unpaired) electrons. The van der Waals surface area contributed by atoms with E-state index in [4.69, 9.17) is 5.26 Å². The number of nitrogens with one attached hydrogen (secondary N) is 1. The Bertz CT molecular complexity index is 918. The summed E-state index contributed by atoms with van der Waals surface area (Å²) >= 11 is 0. The maximum atomic E-state index is 12.5. The summed E-state index contributed by atoms with van der Waals surface area (Å²) in [6, 6.07) is 18.7. The van der Waals surface area contributed by atoms with Crippen LogP contribution >= 0.6 is 0 Å². The summed E-state index contributed by atoms with van der Waals surface area (Å²) in [5, 5.41) is 21.2. The van der Waals surface area contributed by atoms with E-state index in [-0.39, 0.29) is 5.57 Å². The molecular weight excluding hydrogens is 312 g/mol. The van der Waals surface area contributed by atoms with Gasteiger partial charge in [0.25, 0.3) is 5.91 Å². The fourth-order valence-electron chi connectivity index (χ4n) is 2.87. The number of nitrogens with zero attached hydrogens (tertiary/aromatic N) is 3. The number of carbonyl (C=O) groups excluding carboxylic acids is 1. The van der Waals surface area contributed by atoms with Crippen molar-refractivity contribution < 1.29 is 4.79 Å². The second-order valence-corrected chi connectivity index (χ2v) is 5.69. The van der Waals surface area contributed by atoms with Gasteiger partial charge in [0.15, 0.2) is 0 Å². The minimum atomic E-state index is -0.520. The van der Waals surface area contributed by atoms with E-state index in [1.165, 1.54) is 5.56 Å². The smallest absolute Gasteiger partial charge is 0.267 e. The Labute approximate surface area is 146 Å².